The Morgan fingerprint density at radius 3 is 2.77 bits per heavy atom. The molecule has 0 bridgehead atoms. The minimum absolute atomic E-state index is 0.0905. The molecule has 0 unspecified atom stereocenters. The van der Waals surface area contributed by atoms with Gasteiger partial charge in [-0.1, -0.05) is 18.2 Å². The van der Waals surface area contributed by atoms with Crippen LogP contribution in [0.25, 0.3) is 10.9 Å². The number of aromatic amines is 1. The number of carbonyl (C=O) groups excluding carboxylic acids is 2. The van der Waals surface area contributed by atoms with Crippen molar-refractivity contribution in [2.75, 3.05) is 0 Å². The van der Waals surface area contributed by atoms with Crippen molar-refractivity contribution in [1.82, 2.24) is 10.3 Å². The van der Waals surface area contributed by atoms with Crippen LogP contribution in [0, 0.1) is 0 Å². The highest BCUT2D eigenvalue weighted by atomic mass is 16.3. The second-order valence-corrected chi connectivity index (χ2v) is 5.29. The molecule has 0 radical (unpaired) electrons. The summed E-state index contributed by atoms with van der Waals surface area (Å²) in [6, 6.07) is 11.7. The number of hydrogen-bond donors (Lipinski definition) is 3. The first kappa shape index (κ1) is 12.6. The zero-order valence-electron chi connectivity index (χ0n) is 11.5. The van der Waals surface area contributed by atoms with Crippen molar-refractivity contribution in [3.63, 3.8) is 0 Å². The molecule has 2 aromatic carbocycles. The van der Waals surface area contributed by atoms with Gasteiger partial charge in [0, 0.05) is 22.0 Å². The van der Waals surface area contributed by atoms with Gasteiger partial charge in [0.25, 0.3) is 5.91 Å². The highest BCUT2D eigenvalue weighted by Gasteiger charge is 2.33. The van der Waals surface area contributed by atoms with Gasteiger partial charge in [-0.05, 0) is 29.8 Å². The van der Waals surface area contributed by atoms with Gasteiger partial charge in [-0.25, -0.2) is 0 Å². The second-order valence-electron chi connectivity index (χ2n) is 5.29. The first-order valence-corrected chi connectivity index (χ1v) is 6.88. The molecule has 5 heteroatoms. The van der Waals surface area contributed by atoms with Crippen LogP contribution >= 0.6 is 0 Å². The summed E-state index contributed by atoms with van der Waals surface area (Å²) in [5.41, 5.74) is 3.19. The first-order valence-electron chi connectivity index (χ1n) is 6.88. The molecular formula is C17H12N2O3. The summed E-state index contributed by atoms with van der Waals surface area (Å²) in [4.78, 5) is 26.6. The smallest absolute Gasteiger partial charge is 0.252 e. The van der Waals surface area contributed by atoms with Gasteiger partial charge in [-0.2, -0.15) is 0 Å². The molecule has 0 fully saturated rings. The van der Waals surface area contributed by atoms with Gasteiger partial charge in [0.1, 0.15) is 5.75 Å². The molecule has 0 saturated heterocycles. The summed E-state index contributed by atoms with van der Waals surface area (Å²) in [5, 5.41) is 13.5. The fourth-order valence-corrected chi connectivity index (χ4v) is 3.10. The van der Waals surface area contributed by atoms with Crippen LogP contribution in [0.2, 0.25) is 0 Å². The van der Waals surface area contributed by atoms with Crippen LogP contribution < -0.4 is 5.32 Å². The lowest BCUT2D eigenvalue weighted by Gasteiger charge is -2.12. The van der Waals surface area contributed by atoms with Crippen molar-refractivity contribution in [2.24, 2.45) is 0 Å². The number of aromatic nitrogens is 1. The minimum Gasteiger partial charge on any atom is -0.508 e. The SMILES string of the molecule is O=Cc1[nH]c2ccccc2c1[C@H]1NC(=O)c2ccc(O)cc21. The van der Waals surface area contributed by atoms with Gasteiger partial charge in [-0.15, -0.1) is 0 Å². The number of carbonyl (C=O) groups is 2. The van der Waals surface area contributed by atoms with E-state index in [1.54, 1.807) is 12.1 Å². The molecular weight excluding hydrogens is 280 g/mol. The van der Waals surface area contributed by atoms with E-state index in [0.29, 0.717) is 16.8 Å². The van der Waals surface area contributed by atoms with Gasteiger partial charge >= 0.3 is 0 Å². The number of benzene rings is 2. The number of rotatable bonds is 2. The van der Waals surface area contributed by atoms with Crippen molar-refractivity contribution >= 4 is 23.1 Å². The predicted octanol–water partition coefficient (Wildman–Crippen LogP) is 2.52. The average Bonchev–Trinajstić information content (AvgIpc) is 3.04. The van der Waals surface area contributed by atoms with Crippen LogP contribution in [0.5, 0.6) is 5.75 Å². The summed E-state index contributed by atoms with van der Waals surface area (Å²) in [6.45, 7) is 0. The van der Waals surface area contributed by atoms with Gasteiger partial charge in [0.15, 0.2) is 6.29 Å². The third kappa shape index (κ3) is 1.65. The van der Waals surface area contributed by atoms with E-state index in [0.717, 1.165) is 22.8 Å². The van der Waals surface area contributed by atoms with E-state index >= 15 is 0 Å². The maximum Gasteiger partial charge on any atom is 0.252 e. The summed E-state index contributed by atoms with van der Waals surface area (Å²) in [6.07, 6.45) is 0.752. The van der Waals surface area contributed by atoms with E-state index in [1.165, 1.54) is 6.07 Å². The van der Waals surface area contributed by atoms with Gasteiger partial charge in [0.2, 0.25) is 0 Å². The number of fused-ring (bicyclic) bond motifs is 2. The molecule has 2 heterocycles. The zero-order chi connectivity index (χ0) is 15.3. The number of aldehydes is 1. The lowest BCUT2D eigenvalue weighted by molar-refractivity contribution is 0.0959. The standard InChI is InChI=1S/C17H12N2O3/c20-8-14-15(11-3-1-2-4-13(11)18-14)16-12-7-9(21)5-6-10(12)17(22)19-16/h1-8,16,18,21H,(H,19,22)/t16-/m0/s1. The van der Waals surface area contributed by atoms with E-state index in [2.05, 4.69) is 10.3 Å². The van der Waals surface area contributed by atoms with Gasteiger partial charge in [-0.3, -0.25) is 9.59 Å². The van der Waals surface area contributed by atoms with E-state index < -0.39 is 6.04 Å². The van der Waals surface area contributed by atoms with E-state index in [1.807, 2.05) is 24.3 Å². The summed E-state index contributed by atoms with van der Waals surface area (Å²) >= 11 is 0. The zero-order valence-corrected chi connectivity index (χ0v) is 11.5. The first-order chi connectivity index (χ1) is 10.7. The molecule has 3 aromatic rings. The van der Waals surface area contributed by atoms with Crippen molar-refractivity contribution in [1.29, 1.82) is 0 Å². The molecule has 0 spiro atoms. The number of H-pyrrole nitrogens is 1. The molecule has 22 heavy (non-hydrogen) atoms. The molecule has 5 nitrogen and oxygen atoms in total. The number of aromatic hydroxyl groups is 1. The molecule has 1 aliphatic heterocycles. The van der Waals surface area contributed by atoms with E-state index in [9.17, 15) is 14.7 Å². The Balaban J connectivity index is 2.00. The lowest BCUT2D eigenvalue weighted by atomic mass is 9.96. The van der Waals surface area contributed by atoms with Crippen molar-refractivity contribution in [3.05, 3.63) is 64.8 Å². The third-order valence-corrected chi connectivity index (χ3v) is 4.05. The monoisotopic (exact) mass is 292 g/mol. The Morgan fingerprint density at radius 1 is 1.14 bits per heavy atom. The highest BCUT2D eigenvalue weighted by Crippen LogP contribution is 2.37. The second kappa shape index (κ2) is 4.46. The fraction of sp³-hybridized carbons (Fsp3) is 0.0588. The predicted molar refractivity (Wildman–Crippen MR) is 81.1 cm³/mol. The largest absolute Gasteiger partial charge is 0.508 e. The van der Waals surface area contributed by atoms with Crippen LogP contribution in [-0.4, -0.2) is 22.3 Å². The summed E-state index contributed by atoms with van der Waals surface area (Å²) in [5.74, 6) is -0.116. The molecule has 1 atom stereocenters. The van der Waals surface area contributed by atoms with E-state index in [-0.39, 0.29) is 11.7 Å². The number of nitrogens with one attached hydrogen (secondary N) is 2. The minimum atomic E-state index is -0.453. The Labute approximate surface area is 125 Å². The molecule has 0 saturated carbocycles. The van der Waals surface area contributed by atoms with Gasteiger partial charge < -0.3 is 15.4 Å². The quantitative estimate of drug-likeness (QED) is 0.635. The fourth-order valence-electron chi connectivity index (χ4n) is 3.10. The van der Waals surface area contributed by atoms with Crippen molar-refractivity contribution in [3.8, 4) is 5.75 Å². The average molecular weight is 292 g/mol. The molecule has 1 aromatic heterocycles. The molecule has 0 aliphatic carbocycles. The van der Waals surface area contributed by atoms with Gasteiger partial charge in [0.05, 0.1) is 11.7 Å². The van der Waals surface area contributed by atoms with Crippen molar-refractivity contribution in [2.45, 2.75) is 6.04 Å². The molecule has 4 rings (SSSR count). The molecule has 3 N–H and O–H groups in total. The van der Waals surface area contributed by atoms with Crippen LogP contribution in [0.4, 0.5) is 0 Å². The molecule has 1 aliphatic rings. The Morgan fingerprint density at radius 2 is 1.95 bits per heavy atom. The summed E-state index contributed by atoms with van der Waals surface area (Å²) in [7, 11) is 0. The number of para-hydroxylation sites is 1. The topological polar surface area (TPSA) is 82.2 Å². The van der Waals surface area contributed by atoms with Crippen LogP contribution in [0.15, 0.2) is 42.5 Å². The maximum atomic E-state index is 12.1. The maximum absolute atomic E-state index is 12.1. The summed E-state index contributed by atoms with van der Waals surface area (Å²) < 4.78 is 0. The van der Waals surface area contributed by atoms with Crippen LogP contribution in [0.1, 0.15) is 38.0 Å². The Kier molecular flexibility index (Phi) is 2.56. The molecule has 1 amide bonds. The Hall–Kier alpha value is -3.08. The van der Waals surface area contributed by atoms with Crippen LogP contribution in [0.3, 0.4) is 0 Å². The third-order valence-electron chi connectivity index (χ3n) is 4.05. The molecule has 108 valence electrons. The number of hydrogen-bond acceptors (Lipinski definition) is 3. The lowest BCUT2D eigenvalue weighted by Crippen LogP contribution is -2.20. The van der Waals surface area contributed by atoms with Crippen LogP contribution in [-0.2, 0) is 0 Å². The number of amides is 1. The van der Waals surface area contributed by atoms with Crippen molar-refractivity contribution < 1.29 is 14.7 Å². The highest BCUT2D eigenvalue weighted by molar-refractivity contribution is 6.02. The number of phenolic OH excluding ortho intramolecular Hbond substituents is 1. The van der Waals surface area contributed by atoms with E-state index in [4.69, 9.17) is 0 Å². The Bertz CT molecular complexity index is 927. The number of phenols is 1. The normalized spacial score (nSPS) is 16.5.